The first-order valence-electron chi connectivity index (χ1n) is 7.27. The molecule has 3 heteroatoms. The lowest BCUT2D eigenvalue weighted by Gasteiger charge is -2.29. The number of nitrogens with zero attached hydrogens (tertiary/aromatic N) is 1. The summed E-state index contributed by atoms with van der Waals surface area (Å²) >= 11 is 0. The molecule has 0 atom stereocenters. The Bertz CT molecular complexity index is 456. The fourth-order valence-electron chi connectivity index (χ4n) is 3.19. The summed E-state index contributed by atoms with van der Waals surface area (Å²) in [5.41, 5.74) is 2.43. The first-order chi connectivity index (χ1) is 9.20. The van der Waals surface area contributed by atoms with Crippen LogP contribution in [0.4, 0.5) is 5.69 Å². The summed E-state index contributed by atoms with van der Waals surface area (Å²) in [6, 6.07) is 8.62. The van der Waals surface area contributed by atoms with Crippen molar-refractivity contribution in [2.75, 3.05) is 18.0 Å². The van der Waals surface area contributed by atoms with Crippen LogP contribution in [0, 0.1) is 0 Å². The number of rotatable bonds is 4. The third-order valence-electron chi connectivity index (χ3n) is 4.54. The molecule has 0 radical (unpaired) electrons. The van der Waals surface area contributed by atoms with E-state index in [2.05, 4.69) is 29.2 Å². The molecule has 3 nitrogen and oxygen atoms in total. The van der Waals surface area contributed by atoms with Gasteiger partial charge >= 0.3 is 5.97 Å². The lowest BCUT2D eigenvalue weighted by atomic mass is 9.92. The molecular formula is C16H21NO2. The summed E-state index contributed by atoms with van der Waals surface area (Å²) in [6.45, 7) is 2.30. The van der Waals surface area contributed by atoms with Crippen molar-refractivity contribution in [3.63, 3.8) is 0 Å². The van der Waals surface area contributed by atoms with E-state index in [1.54, 1.807) is 0 Å². The Balaban J connectivity index is 1.73. The quantitative estimate of drug-likeness (QED) is 0.902. The zero-order valence-electron chi connectivity index (χ0n) is 11.3. The Labute approximate surface area is 114 Å². The molecule has 0 unspecified atom stereocenters. The highest BCUT2D eigenvalue weighted by Crippen LogP contribution is 2.51. The molecule has 1 saturated carbocycles. The lowest BCUT2D eigenvalue weighted by Crippen LogP contribution is -2.29. The molecule has 0 aromatic heterocycles. The Morgan fingerprint density at radius 3 is 2.26 bits per heavy atom. The second kappa shape index (κ2) is 4.87. The monoisotopic (exact) mass is 259 g/mol. The van der Waals surface area contributed by atoms with Gasteiger partial charge in [-0.1, -0.05) is 12.1 Å². The molecule has 2 aliphatic rings. The van der Waals surface area contributed by atoms with Gasteiger partial charge in [-0.05, 0) is 49.8 Å². The third-order valence-corrected chi connectivity index (χ3v) is 4.54. The van der Waals surface area contributed by atoms with Gasteiger partial charge in [0.05, 0.1) is 6.42 Å². The van der Waals surface area contributed by atoms with Gasteiger partial charge in [0.25, 0.3) is 0 Å². The van der Waals surface area contributed by atoms with Crippen molar-refractivity contribution >= 4 is 11.7 Å². The number of hydrogen-bond donors (Lipinski definition) is 1. The van der Waals surface area contributed by atoms with Crippen LogP contribution in [0.1, 0.15) is 44.1 Å². The number of benzene rings is 1. The molecule has 1 saturated heterocycles. The topological polar surface area (TPSA) is 40.5 Å². The number of piperidine rings is 1. The summed E-state index contributed by atoms with van der Waals surface area (Å²) in [7, 11) is 0. The van der Waals surface area contributed by atoms with Crippen molar-refractivity contribution in [1.82, 2.24) is 0 Å². The molecule has 1 heterocycles. The zero-order valence-corrected chi connectivity index (χ0v) is 11.3. The largest absolute Gasteiger partial charge is 0.481 e. The minimum atomic E-state index is -0.683. The van der Waals surface area contributed by atoms with Crippen LogP contribution in [0.2, 0.25) is 0 Å². The molecular weight excluding hydrogens is 238 g/mol. The second-order valence-electron chi connectivity index (χ2n) is 5.95. The fraction of sp³-hybridized carbons (Fsp3) is 0.562. The molecule has 1 N–H and O–H groups in total. The molecule has 19 heavy (non-hydrogen) atoms. The predicted octanol–water partition coefficient (Wildman–Crippen LogP) is 3.18. The minimum Gasteiger partial charge on any atom is -0.481 e. The van der Waals surface area contributed by atoms with Crippen LogP contribution >= 0.6 is 0 Å². The Morgan fingerprint density at radius 1 is 1.11 bits per heavy atom. The van der Waals surface area contributed by atoms with E-state index in [0.29, 0.717) is 0 Å². The van der Waals surface area contributed by atoms with E-state index < -0.39 is 5.97 Å². The van der Waals surface area contributed by atoms with Crippen LogP contribution in [0.5, 0.6) is 0 Å². The summed E-state index contributed by atoms with van der Waals surface area (Å²) in [4.78, 5) is 13.4. The van der Waals surface area contributed by atoms with E-state index in [1.807, 2.05) is 0 Å². The van der Waals surface area contributed by atoms with E-state index in [9.17, 15) is 4.79 Å². The highest BCUT2D eigenvalue weighted by molar-refractivity contribution is 5.70. The maximum Gasteiger partial charge on any atom is 0.304 e. The predicted molar refractivity (Wildman–Crippen MR) is 75.7 cm³/mol. The van der Waals surface area contributed by atoms with Crippen molar-refractivity contribution in [2.24, 2.45) is 0 Å². The zero-order chi connectivity index (χ0) is 13.3. The van der Waals surface area contributed by atoms with Gasteiger partial charge in [-0.3, -0.25) is 4.79 Å². The van der Waals surface area contributed by atoms with E-state index in [4.69, 9.17) is 5.11 Å². The van der Waals surface area contributed by atoms with Crippen LogP contribution in [0.15, 0.2) is 24.3 Å². The second-order valence-corrected chi connectivity index (χ2v) is 5.95. The van der Waals surface area contributed by atoms with Crippen molar-refractivity contribution in [2.45, 2.75) is 43.9 Å². The minimum absolute atomic E-state index is 0.0632. The molecule has 3 rings (SSSR count). The van der Waals surface area contributed by atoms with Gasteiger partial charge in [-0.2, -0.15) is 0 Å². The van der Waals surface area contributed by atoms with Gasteiger partial charge in [-0.25, -0.2) is 0 Å². The summed E-state index contributed by atoms with van der Waals surface area (Å²) < 4.78 is 0. The molecule has 1 aliphatic heterocycles. The summed E-state index contributed by atoms with van der Waals surface area (Å²) in [5.74, 6) is -0.683. The van der Waals surface area contributed by atoms with E-state index in [1.165, 1.54) is 30.5 Å². The van der Waals surface area contributed by atoms with Gasteiger partial charge in [0.15, 0.2) is 0 Å². The molecule has 102 valence electrons. The number of carboxylic acid groups (broad SMARTS) is 1. The number of anilines is 1. The first kappa shape index (κ1) is 12.5. The highest BCUT2D eigenvalue weighted by atomic mass is 16.4. The molecule has 1 aliphatic carbocycles. The van der Waals surface area contributed by atoms with Gasteiger partial charge < -0.3 is 10.0 Å². The molecule has 2 fully saturated rings. The van der Waals surface area contributed by atoms with Gasteiger partial charge in [-0.15, -0.1) is 0 Å². The fourth-order valence-corrected chi connectivity index (χ4v) is 3.19. The normalized spacial score (nSPS) is 21.2. The number of carbonyl (C=O) groups is 1. The Kier molecular flexibility index (Phi) is 3.21. The van der Waals surface area contributed by atoms with Crippen molar-refractivity contribution in [3.05, 3.63) is 29.8 Å². The van der Waals surface area contributed by atoms with Crippen LogP contribution < -0.4 is 4.90 Å². The van der Waals surface area contributed by atoms with Crippen LogP contribution in [0.25, 0.3) is 0 Å². The number of carboxylic acids is 1. The SMILES string of the molecule is O=C(O)CC1(c2ccc(N3CCCCC3)cc2)CC1. The van der Waals surface area contributed by atoms with Crippen LogP contribution in [0.3, 0.4) is 0 Å². The first-order valence-corrected chi connectivity index (χ1v) is 7.27. The van der Waals surface area contributed by atoms with Gasteiger partial charge in [0, 0.05) is 24.2 Å². The molecule has 0 spiro atoms. The average Bonchev–Trinajstić information content (AvgIpc) is 3.20. The Morgan fingerprint density at radius 2 is 1.74 bits per heavy atom. The van der Waals surface area contributed by atoms with E-state index >= 15 is 0 Å². The Hall–Kier alpha value is -1.51. The maximum atomic E-state index is 10.9. The average molecular weight is 259 g/mol. The van der Waals surface area contributed by atoms with Crippen molar-refractivity contribution in [1.29, 1.82) is 0 Å². The molecule has 0 amide bonds. The molecule has 1 aromatic carbocycles. The van der Waals surface area contributed by atoms with Gasteiger partial charge in [0.2, 0.25) is 0 Å². The van der Waals surface area contributed by atoms with E-state index in [-0.39, 0.29) is 11.8 Å². The summed E-state index contributed by atoms with van der Waals surface area (Å²) in [6.07, 6.45) is 6.21. The van der Waals surface area contributed by atoms with E-state index in [0.717, 1.165) is 25.9 Å². The van der Waals surface area contributed by atoms with Crippen LogP contribution in [-0.2, 0) is 10.2 Å². The third kappa shape index (κ3) is 2.60. The number of hydrogen-bond acceptors (Lipinski definition) is 2. The smallest absolute Gasteiger partial charge is 0.304 e. The van der Waals surface area contributed by atoms with Crippen molar-refractivity contribution in [3.8, 4) is 0 Å². The molecule has 1 aromatic rings. The molecule has 0 bridgehead atoms. The standard InChI is InChI=1S/C16H21NO2/c18-15(19)12-16(8-9-16)13-4-6-14(7-5-13)17-10-2-1-3-11-17/h4-7H,1-3,8-12H2,(H,18,19). The number of aliphatic carboxylic acids is 1. The lowest BCUT2D eigenvalue weighted by molar-refractivity contribution is -0.137. The highest BCUT2D eigenvalue weighted by Gasteiger charge is 2.45. The van der Waals surface area contributed by atoms with Gasteiger partial charge in [0.1, 0.15) is 0 Å². The van der Waals surface area contributed by atoms with Crippen LogP contribution in [-0.4, -0.2) is 24.2 Å². The van der Waals surface area contributed by atoms with Crippen molar-refractivity contribution < 1.29 is 9.90 Å². The summed E-state index contributed by atoms with van der Waals surface area (Å²) in [5, 5.41) is 9.00. The maximum absolute atomic E-state index is 10.9.